The predicted molar refractivity (Wildman–Crippen MR) is 126 cm³/mol. The Labute approximate surface area is 190 Å². The number of nitrogens with zero attached hydrogens (tertiary/aromatic N) is 5. The van der Waals surface area contributed by atoms with Crippen molar-refractivity contribution in [3.63, 3.8) is 0 Å². The normalized spacial score (nSPS) is 13.6. The van der Waals surface area contributed by atoms with Crippen molar-refractivity contribution in [2.45, 2.75) is 26.6 Å². The third-order valence-corrected chi connectivity index (χ3v) is 5.66. The summed E-state index contributed by atoms with van der Waals surface area (Å²) in [6, 6.07) is 9.44. The van der Waals surface area contributed by atoms with Gasteiger partial charge in [0.25, 0.3) is 5.56 Å². The Bertz CT molecular complexity index is 1340. The summed E-state index contributed by atoms with van der Waals surface area (Å²) in [5, 5.41) is 6.06. The smallest absolute Gasteiger partial charge is 0.332 e. The van der Waals surface area contributed by atoms with Gasteiger partial charge in [0.1, 0.15) is 6.54 Å². The van der Waals surface area contributed by atoms with E-state index in [1.807, 2.05) is 30.3 Å². The van der Waals surface area contributed by atoms with E-state index in [-0.39, 0.29) is 24.3 Å². The summed E-state index contributed by atoms with van der Waals surface area (Å²) >= 11 is 0. The average Bonchev–Trinajstić information content (AvgIpc) is 3.23. The van der Waals surface area contributed by atoms with Crippen LogP contribution in [-0.2, 0) is 31.5 Å². The van der Waals surface area contributed by atoms with Gasteiger partial charge in [-0.15, -0.1) is 5.92 Å². The van der Waals surface area contributed by atoms with E-state index in [0.717, 1.165) is 36.3 Å². The summed E-state index contributed by atoms with van der Waals surface area (Å²) in [6.45, 7) is 4.99. The van der Waals surface area contributed by atoms with E-state index in [2.05, 4.69) is 32.4 Å². The summed E-state index contributed by atoms with van der Waals surface area (Å²) in [5.74, 6) is 6.04. The van der Waals surface area contributed by atoms with Gasteiger partial charge in [-0.25, -0.2) is 9.36 Å². The fraction of sp³-hybridized carbons (Fsp3) is 0.391. The second-order valence-electron chi connectivity index (χ2n) is 7.83. The first-order valence-electron chi connectivity index (χ1n) is 10.9. The number of imidazole rings is 1. The summed E-state index contributed by atoms with van der Waals surface area (Å²) in [4.78, 5) is 45.7. The molecule has 1 fully saturated rings. The van der Waals surface area contributed by atoms with Crippen molar-refractivity contribution in [3.8, 4) is 11.8 Å². The lowest BCUT2D eigenvalue weighted by Gasteiger charge is -2.28. The van der Waals surface area contributed by atoms with Crippen LogP contribution >= 0.6 is 0 Å². The topological polar surface area (TPSA) is 106 Å². The van der Waals surface area contributed by atoms with E-state index in [0.29, 0.717) is 12.5 Å². The number of hydrogen-bond donors (Lipinski definition) is 2. The van der Waals surface area contributed by atoms with Crippen LogP contribution < -0.4 is 26.8 Å². The molecule has 3 aromatic rings. The number of fused-ring (bicyclic) bond motifs is 1. The van der Waals surface area contributed by atoms with Crippen molar-refractivity contribution in [3.05, 3.63) is 56.7 Å². The molecule has 1 amide bonds. The van der Waals surface area contributed by atoms with Crippen molar-refractivity contribution >= 4 is 23.0 Å². The molecule has 33 heavy (non-hydrogen) atoms. The van der Waals surface area contributed by atoms with Gasteiger partial charge in [0.15, 0.2) is 11.2 Å². The van der Waals surface area contributed by atoms with Gasteiger partial charge >= 0.3 is 5.69 Å². The third kappa shape index (κ3) is 4.54. The van der Waals surface area contributed by atoms with Crippen molar-refractivity contribution in [1.29, 1.82) is 0 Å². The van der Waals surface area contributed by atoms with E-state index in [1.54, 1.807) is 18.5 Å². The summed E-state index contributed by atoms with van der Waals surface area (Å²) in [5.41, 5.74) is 0.357. The Morgan fingerprint density at radius 3 is 2.58 bits per heavy atom. The van der Waals surface area contributed by atoms with E-state index in [9.17, 15) is 14.4 Å². The monoisotopic (exact) mass is 449 g/mol. The molecule has 10 nitrogen and oxygen atoms in total. The zero-order valence-corrected chi connectivity index (χ0v) is 18.8. The number of hydrogen-bond acceptors (Lipinski definition) is 6. The van der Waals surface area contributed by atoms with Crippen LogP contribution in [0.25, 0.3) is 11.2 Å². The highest BCUT2D eigenvalue weighted by atomic mass is 16.2. The number of carbonyl (C=O) groups excluding carboxylic acids is 1. The van der Waals surface area contributed by atoms with E-state index in [4.69, 9.17) is 0 Å². The number of carbonyl (C=O) groups is 1. The molecule has 1 saturated heterocycles. The molecule has 2 N–H and O–H groups in total. The molecule has 0 atom stereocenters. The van der Waals surface area contributed by atoms with E-state index >= 15 is 0 Å². The average molecular weight is 450 g/mol. The van der Waals surface area contributed by atoms with Crippen molar-refractivity contribution in [2.75, 3.05) is 31.1 Å². The first kappa shape index (κ1) is 22.4. The molecule has 0 spiro atoms. The van der Waals surface area contributed by atoms with Gasteiger partial charge in [0, 0.05) is 39.8 Å². The number of aromatic nitrogens is 4. The first-order chi connectivity index (χ1) is 16.0. The molecule has 0 unspecified atom stereocenters. The summed E-state index contributed by atoms with van der Waals surface area (Å²) in [6.07, 6.45) is 0. The van der Waals surface area contributed by atoms with Crippen LogP contribution in [0.1, 0.15) is 12.5 Å². The number of aryl methyl sites for hydroxylation is 1. The fourth-order valence-electron chi connectivity index (χ4n) is 3.91. The molecule has 3 heterocycles. The van der Waals surface area contributed by atoms with Crippen molar-refractivity contribution in [1.82, 2.24) is 29.3 Å². The second-order valence-corrected chi connectivity index (χ2v) is 7.83. The van der Waals surface area contributed by atoms with Gasteiger partial charge in [0.05, 0.1) is 6.54 Å². The quantitative estimate of drug-likeness (QED) is 0.498. The van der Waals surface area contributed by atoms with Gasteiger partial charge in [-0.1, -0.05) is 36.3 Å². The minimum Gasteiger partial charge on any atom is -0.350 e. The highest BCUT2D eigenvalue weighted by Gasteiger charge is 2.24. The Morgan fingerprint density at radius 1 is 1.15 bits per heavy atom. The minimum absolute atomic E-state index is 0.264. The zero-order valence-electron chi connectivity index (χ0n) is 18.8. The predicted octanol–water partition coefficient (Wildman–Crippen LogP) is -0.354. The summed E-state index contributed by atoms with van der Waals surface area (Å²) in [7, 11) is 1.56. The number of amides is 1. The van der Waals surface area contributed by atoms with Crippen LogP contribution in [0.5, 0.6) is 0 Å². The van der Waals surface area contributed by atoms with E-state index in [1.165, 1.54) is 4.57 Å². The standard InChI is InChI=1S/C23H27N7O3/c1-3-4-12-29-19-20(26-22(29)28-13-10-24-11-14-28)27(2)23(33)30(21(19)32)16-18(31)25-15-17-8-6-5-7-9-17/h5-9,24H,10-16H2,1-2H3,(H,25,31). The molecule has 0 bridgehead atoms. The lowest BCUT2D eigenvalue weighted by atomic mass is 10.2. The number of piperazine rings is 1. The molecule has 1 aliphatic rings. The van der Waals surface area contributed by atoms with Gasteiger partial charge in [-0.3, -0.25) is 18.7 Å². The van der Waals surface area contributed by atoms with Gasteiger partial charge in [-0.2, -0.15) is 4.98 Å². The Balaban J connectivity index is 1.73. The molecular weight excluding hydrogens is 422 g/mol. The van der Waals surface area contributed by atoms with Gasteiger partial charge in [-0.05, 0) is 12.5 Å². The highest BCUT2D eigenvalue weighted by molar-refractivity contribution is 5.77. The number of anilines is 1. The maximum atomic E-state index is 13.4. The lowest BCUT2D eigenvalue weighted by molar-refractivity contribution is -0.121. The number of rotatable bonds is 6. The van der Waals surface area contributed by atoms with Crippen LogP contribution in [0.15, 0.2) is 39.9 Å². The number of benzene rings is 1. The molecule has 2 aromatic heterocycles. The Kier molecular flexibility index (Phi) is 6.60. The van der Waals surface area contributed by atoms with Crippen molar-refractivity contribution in [2.24, 2.45) is 7.05 Å². The molecule has 1 aliphatic heterocycles. The molecule has 0 saturated carbocycles. The van der Waals surface area contributed by atoms with Crippen LogP contribution in [0.2, 0.25) is 0 Å². The van der Waals surface area contributed by atoms with Gasteiger partial charge < -0.3 is 15.5 Å². The SMILES string of the molecule is CC#CCn1c(N2CCNCC2)nc2c1c(=O)n(CC(=O)NCc1ccccc1)c(=O)n2C. The molecule has 172 valence electrons. The minimum atomic E-state index is -0.583. The van der Waals surface area contributed by atoms with Crippen LogP contribution in [-0.4, -0.2) is 50.8 Å². The maximum absolute atomic E-state index is 13.4. The molecular formula is C23H27N7O3. The Hall–Kier alpha value is -3.84. The first-order valence-corrected chi connectivity index (χ1v) is 10.9. The Morgan fingerprint density at radius 2 is 1.88 bits per heavy atom. The molecule has 4 rings (SSSR count). The molecule has 10 heteroatoms. The summed E-state index contributed by atoms with van der Waals surface area (Å²) < 4.78 is 4.03. The van der Waals surface area contributed by atoms with Crippen LogP contribution in [0, 0.1) is 11.8 Å². The second kappa shape index (κ2) is 9.75. The maximum Gasteiger partial charge on any atom is 0.332 e. The van der Waals surface area contributed by atoms with Crippen LogP contribution in [0.3, 0.4) is 0 Å². The zero-order chi connectivity index (χ0) is 23.4. The molecule has 0 aliphatic carbocycles. The van der Waals surface area contributed by atoms with Gasteiger partial charge in [0.2, 0.25) is 11.9 Å². The lowest BCUT2D eigenvalue weighted by Crippen LogP contribution is -2.45. The molecule has 0 radical (unpaired) electrons. The third-order valence-electron chi connectivity index (χ3n) is 5.66. The largest absolute Gasteiger partial charge is 0.350 e. The number of nitrogens with one attached hydrogen (secondary N) is 2. The molecule has 1 aromatic carbocycles. The van der Waals surface area contributed by atoms with Crippen molar-refractivity contribution < 1.29 is 4.79 Å². The van der Waals surface area contributed by atoms with Crippen LogP contribution in [0.4, 0.5) is 5.95 Å². The highest BCUT2D eigenvalue weighted by Crippen LogP contribution is 2.19. The fourth-order valence-corrected chi connectivity index (χ4v) is 3.91. The van der Waals surface area contributed by atoms with E-state index < -0.39 is 17.2 Å².